The Bertz CT molecular complexity index is 445. The van der Waals surface area contributed by atoms with Gasteiger partial charge in [0.15, 0.2) is 5.75 Å². The molecule has 0 aromatic heterocycles. The molecule has 0 radical (unpaired) electrons. The van der Waals surface area contributed by atoms with Crippen LogP contribution in [0.25, 0.3) is 0 Å². The average Bonchev–Trinajstić information content (AvgIpc) is 2.22. The monoisotopic (exact) mass is 290 g/mol. The van der Waals surface area contributed by atoms with Crippen molar-refractivity contribution in [3.8, 4) is 6.07 Å². The summed E-state index contributed by atoms with van der Waals surface area (Å²) < 4.78 is 30.6. The van der Waals surface area contributed by atoms with Crippen molar-refractivity contribution in [2.75, 3.05) is 5.75 Å². The second-order valence-corrected chi connectivity index (χ2v) is 7.19. The summed E-state index contributed by atoms with van der Waals surface area (Å²) in [7, 11) is -3.80. The number of sulfonamides is 1. The van der Waals surface area contributed by atoms with Gasteiger partial charge >= 0.3 is 5.97 Å². The summed E-state index contributed by atoms with van der Waals surface area (Å²) >= 11 is 0. The predicted octanol–water partition coefficient (Wildman–Crippen LogP) is 1.19. The highest BCUT2D eigenvalue weighted by Crippen LogP contribution is 2.15. The van der Waals surface area contributed by atoms with E-state index in [0.717, 1.165) is 0 Å². The van der Waals surface area contributed by atoms with Crippen molar-refractivity contribution >= 4 is 16.0 Å². The highest BCUT2D eigenvalue weighted by Gasteiger charge is 2.32. The first-order valence-electron chi connectivity index (χ1n) is 6.12. The first-order chi connectivity index (χ1) is 8.52. The second kappa shape index (κ2) is 6.87. The Balaban J connectivity index is 5.04. The molecule has 19 heavy (non-hydrogen) atoms. The summed E-state index contributed by atoms with van der Waals surface area (Å²) in [6, 6.07) is 0.585. The van der Waals surface area contributed by atoms with E-state index in [1.807, 2.05) is 6.92 Å². The Morgan fingerprint density at radius 2 is 1.95 bits per heavy atom. The number of esters is 1. The molecule has 0 saturated carbocycles. The van der Waals surface area contributed by atoms with Gasteiger partial charge < -0.3 is 4.74 Å². The van der Waals surface area contributed by atoms with E-state index in [1.54, 1.807) is 33.8 Å². The molecule has 0 fully saturated rings. The Labute approximate surface area is 115 Å². The van der Waals surface area contributed by atoms with Crippen LogP contribution in [0.1, 0.15) is 41.0 Å². The highest BCUT2D eigenvalue weighted by molar-refractivity contribution is 7.89. The summed E-state index contributed by atoms with van der Waals surface area (Å²) in [5.74, 6) is -1.52. The molecule has 0 unspecified atom stereocenters. The minimum Gasteiger partial charge on any atom is -0.459 e. The van der Waals surface area contributed by atoms with Crippen molar-refractivity contribution in [2.45, 2.75) is 52.7 Å². The molecule has 1 N–H and O–H groups in total. The minimum absolute atomic E-state index is 0.219. The fourth-order valence-electron chi connectivity index (χ4n) is 1.32. The van der Waals surface area contributed by atoms with Crippen LogP contribution < -0.4 is 4.72 Å². The summed E-state index contributed by atoms with van der Waals surface area (Å²) in [5.41, 5.74) is -0.691. The third-order valence-corrected chi connectivity index (χ3v) is 3.56. The number of hydrogen-bond acceptors (Lipinski definition) is 5. The van der Waals surface area contributed by atoms with Crippen LogP contribution in [0.3, 0.4) is 0 Å². The molecule has 0 aliphatic carbocycles. The Morgan fingerprint density at radius 3 is 2.32 bits per heavy atom. The lowest BCUT2D eigenvalue weighted by molar-refractivity contribution is -0.158. The molecule has 0 aliphatic heterocycles. The molecule has 0 heterocycles. The Kier molecular flexibility index (Phi) is 6.46. The SMILES string of the molecule is CC[C@H](C)[C@H](NS(=O)(=O)CC#N)C(=O)OC(C)(C)C. The largest absolute Gasteiger partial charge is 0.459 e. The van der Waals surface area contributed by atoms with Crippen LogP contribution in [-0.2, 0) is 19.6 Å². The summed E-state index contributed by atoms with van der Waals surface area (Å²) in [6.45, 7) is 8.73. The van der Waals surface area contributed by atoms with Gasteiger partial charge in [0.1, 0.15) is 11.6 Å². The van der Waals surface area contributed by atoms with Gasteiger partial charge in [0, 0.05) is 0 Å². The van der Waals surface area contributed by atoms with Gasteiger partial charge in [0.25, 0.3) is 0 Å². The van der Waals surface area contributed by atoms with Gasteiger partial charge in [-0.15, -0.1) is 0 Å². The van der Waals surface area contributed by atoms with E-state index in [1.165, 1.54) is 0 Å². The molecule has 2 atom stereocenters. The summed E-state index contributed by atoms with van der Waals surface area (Å²) in [4.78, 5) is 12.0. The number of carbonyl (C=O) groups excluding carboxylic acids is 1. The van der Waals surface area contributed by atoms with E-state index in [9.17, 15) is 13.2 Å². The molecule has 0 amide bonds. The molecule has 0 saturated heterocycles. The zero-order valence-electron chi connectivity index (χ0n) is 12.1. The smallest absolute Gasteiger partial charge is 0.324 e. The van der Waals surface area contributed by atoms with Crippen molar-refractivity contribution in [3.63, 3.8) is 0 Å². The van der Waals surface area contributed by atoms with Crippen molar-refractivity contribution in [3.05, 3.63) is 0 Å². The standard InChI is InChI=1S/C12H22N2O4S/c1-6-9(2)10(11(15)18-12(3,4)5)14-19(16,17)8-7-13/h9-10,14H,6,8H2,1-5H3/t9-,10-/m0/s1. The van der Waals surface area contributed by atoms with Crippen LogP contribution in [0.2, 0.25) is 0 Å². The number of nitrogens with one attached hydrogen (secondary N) is 1. The molecule has 110 valence electrons. The van der Waals surface area contributed by atoms with Crippen LogP contribution in [-0.4, -0.2) is 31.8 Å². The topological polar surface area (TPSA) is 96.3 Å². The van der Waals surface area contributed by atoms with E-state index in [0.29, 0.717) is 6.42 Å². The van der Waals surface area contributed by atoms with Gasteiger partial charge in [-0.1, -0.05) is 20.3 Å². The number of rotatable bonds is 6. The normalized spacial score (nSPS) is 15.4. The lowest BCUT2D eigenvalue weighted by atomic mass is 10.00. The van der Waals surface area contributed by atoms with Gasteiger partial charge in [-0.25, -0.2) is 8.42 Å². The highest BCUT2D eigenvalue weighted by atomic mass is 32.2. The molecule has 0 rings (SSSR count). The van der Waals surface area contributed by atoms with Crippen molar-refractivity contribution in [2.24, 2.45) is 5.92 Å². The van der Waals surface area contributed by atoms with Gasteiger partial charge in [-0.05, 0) is 26.7 Å². The predicted molar refractivity (Wildman–Crippen MR) is 71.6 cm³/mol. The molecule has 0 aromatic rings. The molecule has 6 nitrogen and oxygen atoms in total. The zero-order valence-corrected chi connectivity index (χ0v) is 12.9. The average molecular weight is 290 g/mol. The Morgan fingerprint density at radius 1 is 1.42 bits per heavy atom. The molecule has 0 bridgehead atoms. The lowest BCUT2D eigenvalue weighted by Gasteiger charge is -2.27. The molecule has 0 aromatic carbocycles. The van der Waals surface area contributed by atoms with Crippen LogP contribution in [0.15, 0.2) is 0 Å². The van der Waals surface area contributed by atoms with Gasteiger partial charge in [0.05, 0.1) is 6.07 Å². The van der Waals surface area contributed by atoms with Gasteiger partial charge in [0.2, 0.25) is 10.0 Å². The minimum atomic E-state index is -3.80. The fraction of sp³-hybridized carbons (Fsp3) is 0.833. The fourth-order valence-corrected chi connectivity index (χ4v) is 2.29. The maximum Gasteiger partial charge on any atom is 0.324 e. The number of nitrogens with zero attached hydrogens (tertiary/aromatic N) is 1. The van der Waals surface area contributed by atoms with Crippen molar-refractivity contribution in [1.82, 2.24) is 4.72 Å². The number of carbonyl (C=O) groups is 1. The van der Waals surface area contributed by atoms with Crippen molar-refractivity contribution < 1.29 is 17.9 Å². The maximum absolute atomic E-state index is 12.0. The maximum atomic E-state index is 12.0. The van der Waals surface area contributed by atoms with Gasteiger partial charge in [-0.3, -0.25) is 4.79 Å². The first-order valence-corrected chi connectivity index (χ1v) is 7.77. The van der Waals surface area contributed by atoms with Crippen LogP contribution in [0.5, 0.6) is 0 Å². The zero-order chi connectivity index (χ0) is 15.3. The third kappa shape index (κ3) is 7.13. The summed E-state index contributed by atoms with van der Waals surface area (Å²) in [6.07, 6.45) is 0.610. The van der Waals surface area contributed by atoms with Crippen molar-refractivity contribution in [1.29, 1.82) is 5.26 Å². The quantitative estimate of drug-likeness (QED) is 0.741. The van der Waals surface area contributed by atoms with Crippen LogP contribution in [0, 0.1) is 17.2 Å². The van der Waals surface area contributed by atoms with Crippen LogP contribution >= 0.6 is 0 Å². The van der Waals surface area contributed by atoms with Crippen LogP contribution in [0.4, 0.5) is 0 Å². The summed E-state index contributed by atoms with van der Waals surface area (Å²) in [5, 5.41) is 8.45. The lowest BCUT2D eigenvalue weighted by Crippen LogP contribution is -2.48. The molecular weight excluding hydrogens is 268 g/mol. The van der Waals surface area contributed by atoms with E-state index in [4.69, 9.17) is 10.00 Å². The molecule has 0 spiro atoms. The van der Waals surface area contributed by atoms with E-state index in [-0.39, 0.29) is 5.92 Å². The number of nitriles is 1. The second-order valence-electron chi connectivity index (χ2n) is 5.43. The Hall–Kier alpha value is -1.13. The molecular formula is C12H22N2O4S. The third-order valence-electron chi connectivity index (χ3n) is 2.43. The first kappa shape index (κ1) is 17.9. The van der Waals surface area contributed by atoms with Gasteiger partial charge in [-0.2, -0.15) is 9.98 Å². The van der Waals surface area contributed by atoms with E-state index >= 15 is 0 Å². The molecule has 0 aliphatic rings. The number of ether oxygens (including phenoxy) is 1. The molecule has 7 heteroatoms. The van der Waals surface area contributed by atoms with E-state index in [2.05, 4.69) is 4.72 Å². The van der Waals surface area contributed by atoms with E-state index < -0.39 is 33.4 Å². The number of hydrogen-bond donors (Lipinski definition) is 1.